The first-order valence-electron chi connectivity index (χ1n) is 11.5. The quantitative estimate of drug-likeness (QED) is 0.483. The number of benzene rings is 2. The van der Waals surface area contributed by atoms with Gasteiger partial charge in [0.25, 0.3) is 0 Å². The predicted octanol–water partition coefficient (Wildman–Crippen LogP) is 5.69. The lowest BCUT2D eigenvalue weighted by Gasteiger charge is -2.41. The summed E-state index contributed by atoms with van der Waals surface area (Å²) in [5, 5.41) is 0. The van der Waals surface area contributed by atoms with Crippen LogP contribution in [0.3, 0.4) is 0 Å². The Hall–Kier alpha value is -2.09. The summed E-state index contributed by atoms with van der Waals surface area (Å²) in [6.45, 7) is 6.53. The third-order valence-corrected chi connectivity index (χ3v) is 5.94. The van der Waals surface area contributed by atoms with Gasteiger partial charge in [0.15, 0.2) is 5.79 Å². The van der Waals surface area contributed by atoms with Gasteiger partial charge in [-0.05, 0) is 74.8 Å². The molecule has 0 atom stereocenters. The molecule has 0 aliphatic carbocycles. The van der Waals surface area contributed by atoms with Crippen molar-refractivity contribution in [2.24, 2.45) is 5.73 Å². The van der Waals surface area contributed by atoms with Crippen LogP contribution in [-0.4, -0.2) is 31.1 Å². The van der Waals surface area contributed by atoms with Gasteiger partial charge in [-0.1, -0.05) is 37.3 Å². The maximum Gasteiger partial charge on any atom is 0.419 e. The fourth-order valence-electron chi connectivity index (χ4n) is 3.80. The summed E-state index contributed by atoms with van der Waals surface area (Å²) < 4.78 is 57.9. The van der Waals surface area contributed by atoms with Crippen molar-refractivity contribution in [2.45, 2.75) is 70.4 Å². The van der Waals surface area contributed by atoms with Gasteiger partial charge in [-0.15, -0.1) is 0 Å². The van der Waals surface area contributed by atoms with E-state index < -0.39 is 23.1 Å². The van der Waals surface area contributed by atoms with E-state index in [1.165, 1.54) is 17.2 Å². The molecule has 182 valence electrons. The number of hydrogen-bond acceptors (Lipinski definition) is 4. The normalized spacial score (nSPS) is 17.7. The third kappa shape index (κ3) is 7.45. The lowest BCUT2D eigenvalue weighted by Crippen LogP contribution is -2.57. The minimum Gasteiger partial charge on any atom is -0.493 e. The van der Waals surface area contributed by atoms with Crippen LogP contribution in [0.25, 0.3) is 0 Å². The van der Waals surface area contributed by atoms with Crippen LogP contribution in [0, 0.1) is 0 Å². The summed E-state index contributed by atoms with van der Waals surface area (Å²) in [6, 6.07) is 12.5. The Kier molecular flexibility index (Phi) is 8.08. The van der Waals surface area contributed by atoms with E-state index >= 15 is 0 Å². The number of hydrogen-bond donors (Lipinski definition) is 1. The summed E-state index contributed by atoms with van der Waals surface area (Å²) in [7, 11) is 0. The van der Waals surface area contributed by atoms with Crippen LogP contribution in [0.5, 0.6) is 5.75 Å². The van der Waals surface area contributed by atoms with Gasteiger partial charge in [-0.25, -0.2) is 0 Å². The van der Waals surface area contributed by atoms with Gasteiger partial charge in [0.1, 0.15) is 5.75 Å². The molecule has 1 aliphatic heterocycles. The molecule has 1 aliphatic rings. The van der Waals surface area contributed by atoms with Crippen LogP contribution in [0.2, 0.25) is 0 Å². The highest BCUT2D eigenvalue weighted by atomic mass is 19.4. The van der Waals surface area contributed by atoms with Crippen LogP contribution < -0.4 is 10.5 Å². The molecule has 0 saturated carbocycles. The van der Waals surface area contributed by atoms with E-state index in [2.05, 4.69) is 19.1 Å². The number of halogens is 3. The highest BCUT2D eigenvalue weighted by Gasteiger charge is 2.38. The Labute approximate surface area is 194 Å². The average molecular weight is 466 g/mol. The summed E-state index contributed by atoms with van der Waals surface area (Å²) >= 11 is 0. The van der Waals surface area contributed by atoms with Gasteiger partial charge in [-0.3, -0.25) is 0 Å². The van der Waals surface area contributed by atoms with Gasteiger partial charge < -0.3 is 19.9 Å². The Morgan fingerprint density at radius 1 is 0.970 bits per heavy atom. The zero-order chi connectivity index (χ0) is 24.1. The van der Waals surface area contributed by atoms with Crippen molar-refractivity contribution in [2.75, 3.05) is 19.8 Å². The van der Waals surface area contributed by atoms with E-state index in [1.807, 2.05) is 26.0 Å². The van der Waals surface area contributed by atoms with Crippen LogP contribution in [-0.2, 0) is 34.9 Å². The van der Waals surface area contributed by atoms with Crippen LogP contribution in [0.1, 0.15) is 55.9 Å². The van der Waals surface area contributed by atoms with E-state index in [0.717, 1.165) is 18.9 Å². The summed E-state index contributed by atoms with van der Waals surface area (Å²) in [5.41, 5.74) is 7.82. The fraction of sp³-hybridized carbons (Fsp3) is 0.538. The van der Waals surface area contributed by atoms with Crippen molar-refractivity contribution >= 4 is 0 Å². The molecular weight excluding hydrogens is 431 g/mol. The monoisotopic (exact) mass is 465 g/mol. The minimum absolute atomic E-state index is 0.137. The first-order chi connectivity index (χ1) is 15.5. The van der Waals surface area contributed by atoms with Crippen molar-refractivity contribution in [3.05, 3.63) is 64.7 Å². The molecule has 0 aromatic heterocycles. The van der Waals surface area contributed by atoms with E-state index in [0.29, 0.717) is 38.0 Å². The van der Waals surface area contributed by atoms with E-state index in [1.54, 1.807) is 6.07 Å². The Morgan fingerprint density at radius 3 is 2.30 bits per heavy atom. The molecule has 4 nitrogen and oxygen atoms in total. The molecule has 0 spiro atoms. The predicted molar refractivity (Wildman–Crippen MR) is 122 cm³/mol. The molecule has 0 unspecified atom stereocenters. The number of alkyl halides is 3. The largest absolute Gasteiger partial charge is 0.493 e. The van der Waals surface area contributed by atoms with Crippen molar-refractivity contribution in [1.29, 1.82) is 0 Å². The topological polar surface area (TPSA) is 53.7 Å². The van der Waals surface area contributed by atoms with Crippen LogP contribution in [0.15, 0.2) is 42.5 Å². The highest BCUT2D eigenvalue weighted by molar-refractivity contribution is 5.39. The molecule has 1 heterocycles. The molecule has 1 fully saturated rings. The molecule has 2 aromatic rings. The average Bonchev–Trinajstić information content (AvgIpc) is 2.78. The SMILES string of the molecule is CCc1cccc(CCCOc2ccc(CCC3(N)COC(C)(C)OC3)cc2C(F)(F)F)c1. The van der Waals surface area contributed by atoms with E-state index in [4.69, 9.17) is 19.9 Å². The zero-order valence-electron chi connectivity index (χ0n) is 19.6. The molecule has 7 heteroatoms. The van der Waals surface area contributed by atoms with E-state index in [9.17, 15) is 13.2 Å². The number of aryl methyl sites for hydroxylation is 3. The first-order valence-corrected chi connectivity index (χ1v) is 11.5. The standard InChI is InChI=1S/C26H34F3NO3/c1-4-19-7-5-8-20(15-19)9-6-14-31-23-11-10-21(16-22(23)26(27,28)29)12-13-25(30)17-32-24(2,3)33-18-25/h5,7-8,10-11,15-16H,4,6,9,12-14,17-18,30H2,1-3H3. The maximum atomic E-state index is 13.7. The van der Waals surface area contributed by atoms with Crippen molar-refractivity contribution in [3.8, 4) is 5.75 Å². The summed E-state index contributed by atoms with van der Waals surface area (Å²) in [6.07, 6.45) is -1.31. The highest BCUT2D eigenvalue weighted by Crippen LogP contribution is 2.37. The molecule has 2 aromatic carbocycles. The third-order valence-electron chi connectivity index (χ3n) is 5.94. The second kappa shape index (κ2) is 10.5. The van der Waals surface area contributed by atoms with Crippen molar-refractivity contribution in [3.63, 3.8) is 0 Å². The summed E-state index contributed by atoms with van der Waals surface area (Å²) in [5.74, 6) is -0.827. The molecular formula is C26H34F3NO3. The van der Waals surface area contributed by atoms with E-state index in [-0.39, 0.29) is 12.4 Å². The van der Waals surface area contributed by atoms with Crippen LogP contribution >= 0.6 is 0 Å². The molecule has 33 heavy (non-hydrogen) atoms. The van der Waals surface area contributed by atoms with Crippen LogP contribution in [0.4, 0.5) is 13.2 Å². The molecule has 0 amide bonds. The molecule has 3 rings (SSSR count). The number of rotatable bonds is 9. The molecule has 0 radical (unpaired) electrons. The summed E-state index contributed by atoms with van der Waals surface area (Å²) in [4.78, 5) is 0. The zero-order valence-corrected chi connectivity index (χ0v) is 19.6. The Bertz CT molecular complexity index is 917. The fourth-order valence-corrected chi connectivity index (χ4v) is 3.80. The maximum absolute atomic E-state index is 13.7. The van der Waals surface area contributed by atoms with Gasteiger partial charge >= 0.3 is 6.18 Å². The molecule has 0 bridgehead atoms. The number of nitrogens with two attached hydrogens (primary N) is 1. The molecule has 2 N–H and O–H groups in total. The van der Waals surface area contributed by atoms with Gasteiger partial charge in [-0.2, -0.15) is 13.2 Å². The van der Waals surface area contributed by atoms with Crippen molar-refractivity contribution < 1.29 is 27.4 Å². The number of ether oxygens (including phenoxy) is 3. The second-order valence-corrected chi connectivity index (χ2v) is 9.29. The van der Waals surface area contributed by atoms with Gasteiger partial charge in [0, 0.05) is 0 Å². The first kappa shape index (κ1) is 25.5. The lowest BCUT2D eigenvalue weighted by molar-refractivity contribution is -0.267. The Balaban J connectivity index is 1.58. The Morgan fingerprint density at radius 2 is 1.64 bits per heavy atom. The van der Waals surface area contributed by atoms with Gasteiger partial charge in [0.05, 0.1) is 30.9 Å². The second-order valence-electron chi connectivity index (χ2n) is 9.29. The molecule has 1 saturated heterocycles. The lowest BCUT2D eigenvalue weighted by atomic mass is 9.92. The van der Waals surface area contributed by atoms with Crippen molar-refractivity contribution in [1.82, 2.24) is 0 Å². The van der Waals surface area contributed by atoms with Gasteiger partial charge in [0.2, 0.25) is 0 Å². The smallest absolute Gasteiger partial charge is 0.419 e. The minimum atomic E-state index is -4.50.